The van der Waals surface area contributed by atoms with Gasteiger partial charge in [0.15, 0.2) is 0 Å². The van der Waals surface area contributed by atoms with Gasteiger partial charge in [-0.2, -0.15) is 0 Å². The van der Waals surface area contributed by atoms with Gasteiger partial charge in [0.05, 0.1) is 6.61 Å². The maximum atomic E-state index is 11.3. The quantitative estimate of drug-likeness (QED) is 0.488. The Kier molecular flexibility index (Phi) is 9.21. The summed E-state index contributed by atoms with van der Waals surface area (Å²) >= 11 is 0. The highest BCUT2D eigenvalue weighted by molar-refractivity contribution is 5.82. The number of esters is 1. The first-order chi connectivity index (χ1) is 8.91. The smallest absolute Gasteiger partial charge is 0.325 e. The minimum absolute atomic E-state index is 0.0423. The van der Waals surface area contributed by atoms with Crippen LogP contribution < -0.4 is 5.32 Å². The van der Waals surface area contributed by atoms with Gasteiger partial charge in [0.25, 0.3) is 0 Å². The second-order valence-electron chi connectivity index (χ2n) is 5.41. The Hall–Kier alpha value is -1.10. The topological polar surface area (TPSA) is 64.6 Å². The Labute approximate surface area is 116 Å². The highest BCUT2D eigenvalue weighted by atomic mass is 16.5. The maximum Gasteiger partial charge on any atom is 0.325 e. The molecule has 0 aliphatic heterocycles. The summed E-state index contributed by atoms with van der Waals surface area (Å²) in [4.78, 5) is 22.3. The lowest BCUT2D eigenvalue weighted by molar-refractivity contribution is -0.144. The van der Waals surface area contributed by atoms with E-state index in [9.17, 15) is 9.59 Å². The van der Waals surface area contributed by atoms with E-state index in [-0.39, 0.29) is 19.1 Å². The van der Waals surface area contributed by atoms with E-state index in [1.54, 1.807) is 0 Å². The molecule has 1 amide bonds. The van der Waals surface area contributed by atoms with Crippen molar-refractivity contribution < 1.29 is 19.1 Å². The van der Waals surface area contributed by atoms with E-state index in [4.69, 9.17) is 4.74 Å². The zero-order chi connectivity index (χ0) is 14.7. The van der Waals surface area contributed by atoms with Crippen LogP contribution in [0.25, 0.3) is 0 Å². The van der Waals surface area contributed by atoms with E-state index in [0.717, 1.165) is 25.7 Å². The van der Waals surface area contributed by atoms with Crippen molar-refractivity contribution in [2.45, 2.75) is 46.5 Å². The second-order valence-corrected chi connectivity index (χ2v) is 5.41. The first kappa shape index (κ1) is 17.9. The van der Waals surface area contributed by atoms with Gasteiger partial charge in [-0.25, -0.2) is 0 Å². The molecule has 0 aliphatic carbocycles. The van der Waals surface area contributed by atoms with E-state index < -0.39 is 5.97 Å². The number of carbonyl (C=O) groups is 2. The number of nitrogens with one attached hydrogen (secondary N) is 1. The van der Waals surface area contributed by atoms with Crippen LogP contribution in [0.1, 0.15) is 46.5 Å². The number of amides is 1. The number of ether oxygens (including phenoxy) is 2. The van der Waals surface area contributed by atoms with Crippen LogP contribution in [0.4, 0.5) is 0 Å². The fourth-order valence-corrected chi connectivity index (χ4v) is 1.47. The van der Waals surface area contributed by atoms with E-state index in [1.807, 2.05) is 0 Å². The molecule has 0 aromatic heterocycles. The Morgan fingerprint density at radius 3 is 2.47 bits per heavy atom. The molecule has 0 aliphatic rings. The molecule has 0 unspecified atom stereocenters. The fraction of sp³-hybridized carbons (Fsp3) is 0.857. The summed E-state index contributed by atoms with van der Waals surface area (Å²) in [6.45, 7) is 6.94. The average molecular weight is 273 g/mol. The normalized spacial score (nSPS) is 11.2. The van der Waals surface area contributed by atoms with Crippen molar-refractivity contribution in [1.82, 2.24) is 5.32 Å². The highest BCUT2D eigenvalue weighted by Gasteiger charge is 2.14. The van der Waals surface area contributed by atoms with E-state index >= 15 is 0 Å². The van der Waals surface area contributed by atoms with Crippen molar-refractivity contribution in [3.63, 3.8) is 0 Å². The predicted molar refractivity (Wildman–Crippen MR) is 73.8 cm³/mol. The number of unbranched alkanes of at least 4 members (excludes halogenated alkanes) is 1. The Bertz CT molecular complexity index is 277. The summed E-state index contributed by atoms with van der Waals surface area (Å²) in [5, 5.41) is 2.42. The van der Waals surface area contributed by atoms with Crippen molar-refractivity contribution >= 4 is 11.9 Å². The lowest BCUT2D eigenvalue weighted by Crippen LogP contribution is -2.33. The lowest BCUT2D eigenvalue weighted by atomic mass is 9.85. The summed E-state index contributed by atoms with van der Waals surface area (Å²) in [6.07, 6.45) is 4.19. The molecule has 0 saturated carbocycles. The number of methoxy groups -OCH3 is 1. The third-order valence-electron chi connectivity index (χ3n) is 3.17. The molecule has 0 saturated heterocycles. The van der Waals surface area contributed by atoms with E-state index in [2.05, 4.69) is 30.8 Å². The molecule has 0 bridgehead atoms. The third-order valence-corrected chi connectivity index (χ3v) is 3.17. The number of rotatable bonds is 10. The molecule has 0 radical (unpaired) electrons. The second kappa shape index (κ2) is 9.78. The summed E-state index contributed by atoms with van der Waals surface area (Å²) < 4.78 is 9.65. The third kappa shape index (κ3) is 10.5. The van der Waals surface area contributed by atoms with Gasteiger partial charge in [-0.1, -0.05) is 27.2 Å². The molecule has 5 heteroatoms. The molecule has 0 fully saturated rings. The Morgan fingerprint density at radius 1 is 1.21 bits per heavy atom. The zero-order valence-corrected chi connectivity index (χ0v) is 12.6. The van der Waals surface area contributed by atoms with Crippen LogP contribution in [0.15, 0.2) is 0 Å². The summed E-state index contributed by atoms with van der Waals surface area (Å²) in [7, 11) is 1.43. The van der Waals surface area contributed by atoms with Crippen LogP contribution in [-0.4, -0.2) is 38.7 Å². The Balaban J connectivity index is 3.51. The summed E-state index contributed by atoms with van der Waals surface area (Å²) in [5.74, 6) is -0.719. The van der Waals surface area contributed by atoms with Crippen molar-refractivity contribution in [2.24, 2.45) is 5.41 Å². The molecule has 0 atom stereocenters. The largest absolute Gasteiger partial charge is 0.464 e. The van der Waals surface area contributed by atoms with Gasteiger partial charge in [-0.3, -0.25) is 9.59 Å². The van der Waals surface area contributed by atoms with Gasteiger partial charge in [0.2, 0.25) is 5.91 Å². The minimum Gasteiger partial charge on any atom is -0.464 e. The molecular weight excluding hydrogens is 246 g/mol. The first-order valence-corrected chi connectivity index (χ1v) is 6.82. The van der Waals surface area contributed by atoms with Gasteiger partial charge in [0, 0.05) is 7.11 Å². The van der Waals surface area contributed by atoms with Crippen molar-refractivity contribution in [1.29, 1.82) is 0 Å². The SMILES string of the molecule is CCC(C)(C)CCCCOC(=O)CNC(=O)COC. The zero-order valence-electron chi connectivity index (χ0n) is 12.6. The van der Waals surface area contributed by atoms with Crippen LogP contribution in [0.2, 0.25) is 0 Å². The summed E-state index contributed by atoms with van der Waals surface area (Å²) in [5.41, 5.74) is 0.359. The molecule has 0 spiro atoms. The van der Waals surface area contributed by atoms with Gasteiger partial charge >= 0.3 is 5.97 Å². The predicted octanol–water partition coefficient (Wildman–Crippen LogP) is 1.90. The van der Waals surface area contributed by atoms with Crippen LogP contribution in [0, 0.1) is 5.41 Å². The molecule has 0 heterocycles. The van der Waals surface area contributed by atoms with Crippen LogP contribution in [0.5, 0.6) is 0 Å². The molecular formula is C14H27NO4. The fourth-order valence-electron chi connectivity index (χ4n) is 1.47. The standard InChI is InChI=1S/C14H27NO4/c1-5-14(2,3)8-6-7-9-19-13(17)10-15-12(16)11-18-4/h5-11H2,1-4H3,(H,15,16). The molecule has 19 heavy (non-hydrogen) atoms. The summed E-state index contributed by atoms with van der Waals surface area (Å²) in [6, 6.07) is 0. The van der Waals surface area contributed by atoms with E-state index in [1.165, 1.54) is 7.11 Å². The highest BCUT2D eigenvalue weighted by Crippen LogP contribution is 2.26. The van der Waals surface area contributed by atoms with Gasteiger partial charge < -0.3 is 14.8 Å². The molecule has 0 rings (SSSR count). The maximum absolute atomic E-state index is 11.3. The van der Waals surface area contributed by atoms with Crippen molar-refractivity contribution in [3.8, 4) is 0 Å². The van der Waals surface area contributed by atoms with E-state index in [0.29, 0.717) is 12.0 Å². The first-order valence-electron chi connectivity index (χ1n) is 6.82. The van der Waals surface area contributed by atoms with Crippen LogP contribution >= 0.6 is 0 Å². The number of carbonyl (C=O) groups excluding carboxylic acids is 2. The van der Waals surface area contributed by atoms with Crippen molar-refractivity contribution in [2.75, 3.05) is 26.9 Å². The number of hydrogen-bond donors (Lipinski definition) is 1. The molecule has 0 aromatic rings. The molecule has 0 aromatic carbocycles. The number of hydrogen-bond acceptors (Lipinski definition) is 4. The molecule has 112 valence electrons. The van der Waals surface area contributed by atoms with Gasteiger partial charge in [-0.05, 0) is 24.7 Å². The average Bonchev–Trinajstić information content (AvgIpc) is 2.36. The van der Waals surface area contributed by atoms with Gasteiger partial charge in [0.1, 0.15) is 13.2 Å². The molecule has 5 nitrogen and oxygen atoms in total. The minimum atomic E-state index is -0.404. The Morgan fingerprint density at radius 2 is 1.89 bits per heavy atom. The van der Waals surface area contributed by atoms with Crippen LogP contribution in [0.3, 0.4) is 0 Å². The lowest BCUT2D eigenvalue weighted by Gasteiger charge is -2.22. The van der Waals surface area contributed by atoms with Gasteiger partial charge in [-0.15, -0.1) is 0 Å². The van der Waals surface area contributed by atoms with Crippen molar-refractivity contribution in [3.05, 3.63) is 0 Å². The monoisotopic (exact) mass is 273 g/mol. The molecule has 1 N–H and O–H groups in total. The van der Waals surface area contributed by atoms with Crippen LogP contribution in [-0.2, 0) is 19.1 Å².